The molecule has 1 aromatic heterocycles. The molecule has 94 valence electrons. The zero-order chi connectivity index (χ0) is 13.1. The molecular weight excluding hydrogens is 266 g/mol. The number of ketones is 1. The number of Topliss-reactive ketones (excluding diaryl/α,β-unsaturated/α-hetero) is 1. The van der Waals surface area contributed by atoms with Gasteiger partial charge in [-0.1, -0.05) is 30.7 Å². The van der Waals surface area contributed by atoms with Crippen LogP contribution in [0.1, 0.15) is 34.5 Å². The maximum absolute atomic E-state index is 12.1. The number of thiophene rings is 1. The van der Waals surface area contributed by atoms with Gasteiger partial charge < -0.3 is 5.73 Å². The van der Waals surface area contributed by atoms with Crippen LogP contribution in [0.15, 0.2) is 35.7 Å². The Hall–Kier alpha value is -1.32. The molecule has 2 rings (SSSR count). The largest absolute Gasteiger partial charge is 0.399 e. The van der Waals surface area contributed by atoms with Gasteiger partial charge in [0.25, 0.3) is 0 Å². The van der Waals surface area contributed by atoms with Gasteiger partial charge in [-0.05, 0) is 35.1 Å². The highest BCUT2D eigenvalue weighted by Gasteiger charge is 2.16. The minimum absolute atomic E-state index is 0.0966. The highest BCUT2D eigenvalue weighted by molar-refractivity contribution is 7.12. The SMILES string of the molecule is CC(CC(=O)c1sccc1Cl)c1ccc(N)cc1. The van der Waals surface area contributed by atoms with Crippen LogP contribution in [0.25, 0.3) is 0 Å². The lowest BCUT2D eigenvalue weighted by Gasteiger charge is -2.10. The Labute approximate surface area is 115 Å². The second-order valence-corrected chi connectivity index (χ2v) is 5.62. The van der Waals surface area contributed by atoms with E-state index in [1.165, 1.54) is 11.3 Å². The standard InChI is InChI=1S/C14H14ClNOS/c1-9(10-2-4-11(16)5-3-10)8-13(17)14-12(15)6-7-18-14/h2-7,9H,8,16H2,1H3. The first-order valence-electron chi connectivity index (χ1n) is 5.69. The van der Waals surface area contributed by atoms with E-state index in [4.69, 9.17) is 17.3 Å². The summed E-state index contributed by atoms with van der Waals surface area (Å²) < 4.78 is 0. The second kappa shape index (κ2) is 5.55. The first kappa shape index (κ1) is 13.1. The molecule has 4 heteroatoms. The van der Waals surface area contributed by atoms with E-state index in [0.29, 0.717) is 16.3 Å². The van der Waals surface area contributed by atoms with Crippen LogP contribution in [-0.2, 0) is 0 Å². The van der Waals surface area contributed by atoms with Crippen LogP contribution in [0.5, 0.6) is 0 Å². The molecule has 0 aliphatic heterocycles. The molecule has 0 aliphatic carbocycles. The molecule has 0 saturated carbocycles. The van der Waals surface area contributed by atoms with E-state index in [1.54, 1.807) is 6.07 Å². The van der Waals surface area contributed by atoms with Crippen molar-refractivity contribution in [2.24, 2.45) is 0 Å². The Morgan fingerprint density at radius 1 is 1.33 bits per heavy atom. The minimum atomic E-state index is 0.0966. The van der Waals surface area contributed by atoms with Crippen LogP contribution >= 0.6 is 22.9 Å². The van der Waals surface area contributed by atoms with E-state index in [2.05, 4.69) is 0 Å². The quantitative estimate of drug-likeness (QED) is 0.667. The molecule has 0 aliphatic rings. The molecule has 2 aromatic rings. The first-order chi connectivity index (χ1) is 8.58. The maximum Gasteiger partial charge on any atom is 0.174 e. The molecule has 0 fully saturated rings. The normalized spacial score (nSPS) is 12.3. The van der Waals surface area contributed by atoms with E-state index in [-0.39, 0.29) is 11.7 Å². The predicted molar refractivity (Wildman–Crippen MR) is 77.5 cm³/mol. The molecule has 0 saturated heterocycles. The molecule has 0 spiro atoms. The van der Waals surface area contributed by atoms with Crippen molar-refractivity contribution in [2.75, 3.05) is 5.73 Å². The second-order valence-electron chi connectivity index (χ2n) is 4.29. The topological polar surface area (TPSA) is 43.1 Å². The van der Waals surface area contributed by atoms with Gasteiger partial charge in [-0.2, -0.15) is 0 Å². The van der Waals surface area contributed by atoms with E-state index in [9.17, 15) is 4.79 Å². The fourth-order valence-electron chi connectivity index (χ4n) is 1.81. The number of hydrogen-bond donors (Lipinski definition) is 1. The lowest BCUT2D eigenvalue weighted by atomic mass is 9.95. The van der Waals surface area contributed by atoms with E-state index in [1.807, 2.05) is 36.6 Å². The number of nitrogens with two attached hydrogens (primary N) is 1. The molecule has 0 bridgehead atoms. The summed E-state index contributed by atoms with van der Waals surface area (Å²) in [7, 11) is 0. The van der Waals surface area contributed by atoms with Crippen molar-refractivity contribution in [3.05, 3.63) is 51.2 Å². The fourth-order valence-corrected chi connectivity index (χ4v) is 2.92. The van der Waals surface area contributed by atoms with E-state index in [0.717, 1.165) is 11.3 Å². The third-order valence-corrected chi connectivity index (χ3v) is 4.25. The summed E-state index contributed by atoms with van der Waals surface area (Å²) in [5.41, 5.74) is 7.49. The number of rotatable bonds is 4. The van der Waals surface area contributed by atoms with Crippen molar-refractivity contribution in [3.63, 3.8) is 0 Å². The van der Waals surface area contributed by atoms with Gasteiger partial charge in [0.2, 0.25) is 0 Å². The van der Waals surface area contributed by atoms with Gasteiger partial charge in [0.15, 0.2) is 5.78 Å². The monoisotopic (exact) mass is 279 g/mol. The number of carbonyl (C=O) groups excluding carboxylic acids is 1. The lowest BCUT2D eigenvalue weighted by Crippen LogP contribution is -2.04. The maximum atomic E-state index is 12.1. The average Bonchev–Trinajstić information content (AvgIpc) is 2.76. The number of benzene rings is 1. The average molecular weight is 280 g/mol. The van der Waals surface area contributed by atoms with Crippen LogP contribution in [0.2, 0.25) is 5.02 Å². The van der Waals surface area contributed by atoms with Crippen molar-refractivity contribution in [1.82, 2.24) is 0 Å². The minimum Gasteiger partial charge on any atom is -0.399 e. The molecule has 1 heterocycles. The summed E-state index contributed by atoms with van der Waals surface area (Å²) >= 11 is 7.35. The third-order valence-electron chi connectivity index (χ3n) is 2.87. The van der Waals surface area contributed by atoms with Crippen molar-refractivity contribution < 1.29 is 4.79 Å². The van der Waals surface area contributed by atoms with Gasteiger partial charge in [0, 0.05) is 12.1 Å². The van der Waals surface area contributed by atoms with Gasteiger partial charge in [-0.3, -0.25) is 4.79 Å². The van der Waals surface area contributed by atoms with Crippen molar-refractivity contribution in [1.29, 1.82) is 0 Å². The molecule has 1 atom stereocenters. The molecule has 0 amide bonds. The van der Waals surface area contributed by atoms with E-state index >= 15 is 0 Å². The van der Waals surface area contributed by atoms with Crippen molar-refractivity contribution in [2.45, 2.75) is 19.3 Å². The molecule has 0 radical (unpaired) electrons. The first-order valence-corrected chi connectivity index (χ1v) is 6.95. The van der Waals surface area contributed by atoms with Gasteiger partial charge in [-0.15, -0.1) is 11.3 Å². The molecule has 1 unspecified atom stereocenters. The number of halogens is 1. The van der Waals surface area contributed by atoms with Gasteiger partial charge in [-0.25, -0.2) is 0 Å². The van der Waals surface area contributed by atoms with E-state index < -0.39 is 0 Å². The summed E-state index contributed by atoms with van der Waals surface area (Å²) in [6.45, 7) is 2.03. The molecule has 2 N–H and O–H groups in total. The Morgan fingerprint density at radius 2 is 2.00 bits per heavy atom. The highest BCUT2D eigenvalue weighted by Crippen LogP contribution is 2.27. The Morgan fingerprint density at radius 3 is 2.56 bits per heavy atom. The van der Waals surface area contributed by atoms with Crippen molar-refractivity contribution >= 4 is 34.4 Å². The molecular formula is C14H14ClNOS. The van der Waals surface area contributed by atoms with Crippen LogP contribution in [0.4, 0.5) is 5.69 Å². The third kappa shape index (κ3) is 2.92. The number of hydrogen-bond acceptors (Lipinski definition) is 3. The van der Waals surface area contributed by atoms with Gasteiger partial charge in [0.05, 0.1) is 9.90 Å². The smallest absolute Gasteiger partial charge is 0.174 e. The highest BCUT2D eigenvalue weighted by atomic mass is 35.5. The Bertz CT molecular complexity index is 547. The van der Waals surface area contributed by atoms with Crippen LogP contribution in [-0.4, -0.2) is 5.78 Å². The Kier molecular flexibility index (Phi) is 4.04. The Balaban J connectivity index is 2.08. The van der Waals surface area contributed by atoms with Gasteiger partial charge in [0.1, 0.15) is 0 Å². The van der Waals surface area contributed by atoms with Crippen LogP contribution in [0, 0.1) is 0 Å². The fraction of sp³-hybridized carbons (Fsp3) is 0.214. The zero-order valence-electron chi connectivity index (χ0n) is 10.0. The van der Waals surface area contributed by atoms with Gasteiger partial charge >= 0.3 is 0 Å². The summed E-state index contributed by atoms with van der Waals surface area (Å²) in [4.78, 5) is 12.7. The van der Waals surface area contributed by atoms with Crippen LogP contribution in [0.3, 0.4) is 0 Å². The number of anilines is 1. The summed E-state index contributed by atoms with van der Waals surface area (Å²) in [5, 5.41) is 2.39. The summed E-state index contributed by atoms with van der Waals surface area (Å²) in [5.74, 6) is 0.260. The summed E-state index contributed by atoms with van der Waals surface area (Å²) in [6, 6.07) is 9.39. The number of carbonyl (C=O) groups is 1. The number of nitrogen functional groups attached to an aromatic ring is 1. The van der Waals surface area contributed by atoms with Crippen LogP contribution < -0.4 is 5.73 Å². The summed E-state index contributed by atoms with van der Waals surface area (Å²) in [6.07, 6.45) is 0.462. The lowest BCUT2D eigenvalue weighted by molar-refractivity contribution is 0.0980. The predicted octanol–water partition coefficient (Wildman–Crippen LogP) is 4.36. The molecule has 1 aromatic carbocycles. The molecule has 18 heavy (non-hydrogen) atoms. The molecule has 2 nitrogen and oxygen atoms in total. The zero-order valence-corrected chi connectivity index (χ0v) is 11.6. The van der Waals surface area contributed by atoms with Crippen molar-refractivity contribution in [3.8, 4) is 0 Å².